The minimum Gasteiger partial charge on any atom is -0.388 e. The average molecular weight is 284 g/mol. The fraction of sp³-hybridized carbons (Fsp3) is 0.368. The summed E-state index contributed by atoms with van der Waals surface area (Å²) < 4.78 is 13.9. The Hall–Kier alpha value is -1.67. The molecule has 1 aliphatic carbocycles. The zero-order chi connectivity index (χ0) is 14.8. The van der Waals surface area contributed by atoms with Crippen molar-refractivity contribution >= 4 is 0 Å². The Morgan fingerprint density at radius 2 is 2.05 bits per heavy atom. The van der Waals surface area contributed by atoms with E-state index in [2.05, 4.69) is 24.3 Å². The third kappa shape index (κ3) is 3.01. The Bertz CT molecular complexity index is 635. The molecule has 3 rings (SSSR count). The van der Waals surface area contributed by atoms with Crippen molar-refractivity contribution in [2.45, 2.75) is 44.6 Å². The summed E-state index contributed by atoms with van der Waals surface area (Å²) in [6.07, 6.45) is 3.19. The molecule has 0 aliphatic heterocycles. The van der Waals surface area contributed by atoms with Gasteiger partial charge < -0.3 is 5.11 Å². The van der Waals surface area contributed by atoms with Crippen LogP contribution in [0.1, 0.15) is 53.5 Å². The van der Waals surface area contributed by atoms with Gasteiger partial charge in [0.05, 0.1) is 6.10 Å². The number of aryl methyl sites for hydroxylation is 2. The first-order valence-electron chi connectivity index (χ1n) is 7.67. The summed E-state index contributed by atoms with van der Waals surface area (Å²) in [4.78, 5) is 0. The minimum atomic E-state index is -0.735. The molecule has 0 aromatic heterocycles. The molecule has 2 aromatic rings. The summed E-state index contributed by atoms with van der Waals surface area (Å²) in [7, 11) is 0. The molecule has 0 saturated carbocycles. The van der Waals surface area contributed by atoms with Crippen LogP contribution in [-0.4, -0.2) is 5.11 Å². The average Bonchev–Trinajstić information content (AvgIpc) is 2.50. The van der Waals surface area contributed by atoms with Crippen molar-refractivity contribution in [1.82, 2.24) is 0 Å². The van der Waals surface area contributed by atoms with Gasteiger partial charge in [-0.3, -0.25) is 0 Å². The van der Waals surface area contributed by atoms with Gasteiger partial charge in [0.2, 0.25) is 0 Å². The number of aliphatic hydroxyl groups excluding tert-OH is 1. The van der Waals surface area contributed by atoms with Gasteiger partial charge in [0.15, 0.2) is 0 Å². The smallest absolute Gasteiger partial charge is 0.129 e. The fourth-order valence-corrected chi connectivity index (χ4v) is 3.41. The summed E-state index contributed by atoms with van der Waals surface area (Å²) in [5.41, 5.74) is 4.12. The van der Waals surface area contributed by atoms with Crippen molar-refractivity contribution < 1.29 is 9.50 Å². The molecule has 2 heteroatoms. The molecule has 0 heterocycles. The topological polar surface area (TPSA) is 20.2 Å². The van der Waals surface area contributed by atoms with Crippen LogP contribution in [0.25, 0.3) is 0 Å². The van der Waals surface area contributed by atoms with Gasteiger partial charge in [-0.2, -0.15) is 0 Å². The van der Waals surface area contributed by atoms with Crippen LogP contribution in [-0.2, 0) is 6.42 Å². The number of fused-ring (bicyclic) bond motifs is 1. The van der Waals surface area contributed by atoms with Crippen molar-refractivity contribution in [3.05, 3.63) is 70.5 Å². The molecule has 0 radical (unpaired) electrons. The zero-order valence-electron chi connectivity index (χ0n) is 12.3. The number of benzene rings is 2. The first kappa shape index (κ1) is 14.3. The zero-order valence-corrected chi connectivity index (χ0v) is 12.3. The predicted octanol–water partition coefficient (Wildman–Crippen LogP) is 4.68. The maximum atomic E-state index is 13.9. The quantitative estimate of drug-likeness (QED) is 0.867. The van der Waals surface area contributed by atoms with Crippen LogP contribution in [0.5, 0.6) is 0 Å². The molecule has 110 valence electrons. The highest BCUT2D eigenvalue weighted by Crippen LogP contribution is 2.38. The maximum absolute atomic E-state index is 13.9. The van der Waals surface area contributed by atoms with E-state index in [1.807, 2.05) is 6.92 Å². The molecule has 1 N–H and O–H groups in total. The molecule has 2 unspecified atom stereocenters. The lowest BCUT2D eigenvalue weighted by Gasteiger charge is -2.27. The van der Waals surface area contributed by atoms with Crippen LogP contribution < -0.4 is 0 Å². The van der Waals surface area contributed by atoms with Gasteiger partial charge in [-0.25, -0.2) is 4.39 Å². The van der Waals surface area contributed by atoms with Crippen molar-refractivity contribution in [2.75, 3.05) is 0 Å². The van der Waals surface area contributed by atoms with E-state index in [4.69, 9.17) is 0 Å². The first-order chi connectivity index (χ1) is 10.1. The van der Waals surface area contributed by atoms with E-state index in [0.29, 0.717) is 17.9 Å². The van der Waals surface area contributed by atoms with Gasteiger partial charge in [-0.1, -0.05) is 42.0 Å². The highest BCUT2D eigenvalue weighted by molar-refractivity contribution is 5.33. The minimum absolute atomic E-state index is 0.308. The van der Waals surface area contributed by atoms with Crippen LogP contribution in [0.4, 0.5) is 4.39 Å². The second kappa shape index (κ2) is 5.98. The molecule has 0 amide bonds. The van der Waals surface area contributed by atoms with E-state index < -0.39 is 6.10 Å². The number of hydrogen-bond donors (Lipinski definition) is 1. The van der Waals surface area contributed by atoms with Gasteiger partial charge in [0, 0.05) is 5.56 Å². The Morgan fingerprint density at radius 1 is 1.24 bits per heavy atom. The number of rotatable bonds is 3. The number of aliphatic hydroxyl groups is 1. The van der Waals surface area contributed by atoms with E-state index >= 15 is 0 Å². The Labute approximate surface area is 125 Å². The molecule has 2 atom stereocenters. The van der Waals surface area contributed by atoms with E-state index in [1.54, 1.807) is 12.1 Å². The molecule has 21 heavy (non-hydrogen) atoms. The molecule has 2 aromatic carbocycles. The third-order valence-electron chi connectivity index (χ3n) is 4.51. The molecule has 0 saturated heterocycles. The predicted molar refractivity (Wildman–Crippen MR) is 82.8 cm³/mol. The van der Waals surface area contributed by atoms with Crippen LogP contribution in [0.2, 0.25) is 0 Å². The third-order valence-corrected chi connectivity index (χ3v) is 4.51. The van der Waals surface area contributed by atoms with Crippen LogP contribution in [0.3, 0.4) is 0 Å². The van der Waals surface area contributed by atoms with E-state index in [9.17, 15) is 9.50 Å². The maximum Gasteiger partial charge on any atom is 0.129 e. The molecular formula is C19H21FO. The fourth-order valence-electron chi connectivity index (χ4n) is 3.41. The lowest BCUT2D eigenvalue weighted by atomic mass is 9.79. The normalized spacial score (nSPS) is 19.1. The molecule has 0 spiro atoms. The summed E-state index contributed by atoms with van der Waals surface area (Å²) in [5.74, 6) is 0.0158. The Morgan fingerprint density at radius 3 is 2.90 bits per heavy atom. The lowest BCUT2D eigenvalue weighted by Crippen LogP contribution is -2.13. The SMILES string of the molecule is Cc1ccc(F)c(C(O)CC2CCCc3ccccc32)c1. The van der Waals surface area contributed by atoms with E-state index in [-0.39, 0.29) is 5.82 Å². The summed E-state index contributed by atoms with van der Waals surface area (Å²) in [6.45, 7) is 1.92. The van der Waals surface area contributed by atoms with Gasteiger partial charge >= 0.3 is 0 Å². The van der Waals surface area contributed by atoms with Crippen molar-refractivity contribution in [1.29, 1.82) is 0 Å². The van der Waals surface area contributed by atoms with Crippen LogP contribution in [0.15, 0.2) is 42.5 Å². The van der Waals surface area contributed by atoms with Crippen LogP contribution in [0, 0.1) is 12.7 Å². The second-order valence-corrected chi connectivity index (χ2v) is 6.06. The van der Waals surface area contributed by atoms with Gasteiger partial charge in [-0.05, 0) is 55.7 Å². The molecular weight excluding hydrogens is 263 g/mol. The summed E-state index contributed by atoms with van der Waals surface area (Å²) in [6, 6.07) is 13.4. The van der Waals surface area contributed by atoms with Gasteiger partial charge in [0.25, 0.3) is 0 Å². The highest BCUT2D eigenvalue weighted by atomic mass is 19.1. The largest absolute Gasteiger partial charge is 0.388 e. The standard InChI is InChI=1S/C19H21FO/c1-13-9-10-18(20)17(11-13)19(21)12-15-7-4-6-14-5-2-3-8-16(14)15/h2-3,5,8-11,15,19,21H,4,6-7,12H2,1H3. The van der Waals surface area contributed by atoms with Crippen molar-refractivity contribution in [2.24, 2.45) is 0 Å². The summed E-state index contributed by atoms with van der Waals surface area (Å²) in [5, 5.41) is 10.5. The molecule has 1 aliphatic rings. The lowest BCUT2D eigenvalue weighted by molar-refractivity contribution is 0.149. The molecule has 0 fully saturated rings. The first-order valence-corrected chi connectivity index (χ1v) is 7.67. The highest BCUT2D eigenvalue weighted by Gasteiger charge is 2.24. The molecule has 0 bridgehead atoms. The Balaban J connectivity index is 1.82. The van der Waals surface area contributed by atoms with E-state index in [0.717, 1.165) is 24.8 Å². The van der Waals surface area contributed by atoms with Gasteiger partial charge in [0.1, 0.15) is 5.82 Å². The molecule has 1 nitrogen and oxygen atoms in total. The summed E-state index contributed by atoms with van der Waals surface area (Å²) >= 11 is 0. The number of halogens is 1. The van der Waals surface area contributed by atoms with Crippen molar-refractivity contribution in [3.8, 4) is 0 Å². The monoisotopic (exact) mass is 284 g/mol. The Kier molecular flexibility index (Phi) is 4.07. The van der Waals surface area contributed by atoms with Gasteiger partial charge in [-0.15, -0.1) is 0 Å². The van der Waals surface area contributed by atoms with E-state index in [1.165, 1.54) is 17.2 Å². The number of hydrogen-bond acceptors (Lipinski definition) is 1. The second-order valence-electron chi connectivity index (χ2n) is 6.06. The van der Waals surface area contributed by atoms with Crippen molar-refractivity contribution in [3.63, 3.8) is 0 Å². The van der Waals surface area contributed by atoms with Crippen LogP contribution >= 0.6 is 0 Å².